The van der Waals surface area contributed by atoms with Crippen LogP contribution in [0, 0.1) is 39.9 Å². The average molecular weight is 320 g/mol. The molecule has 3 heteroatoms. The molecule has 0 unspecified atom stereocenters. The number of fused-ring (bicyclic) bond motifs is 3. The van der Waals surface area contributed by atoms with E-state index in [0.717, 1.165) is 18.3 Å². The van der Waals surface area contributed by atoms with E-state index in [9.17, 15) is 15.0 Å². The number of carboxylic acids is 1. The summed E-state index contributed by atoms with van der Waals surface area (Å²) in [6.07, 6.45) is 8.26. The van der Waals surface area contributed by atoms with Gasteiger partial charge in [-0.2, -0.15) is 0 Å². The molecule has 0 radical (unpaired) electrons. The zero-order chi connectivity index (χ0) is 16.6. The molecule has 130 valence electrons. The van der Waals surface area contributed by atoms with Crippen LogP contribution in [0.1, 0.15) is 72.1 Å². The van der Waals surface area contributed by atoms with Gasteiger partial charge in [-0.3, -0.25) is 4.79 Å². The lowest BCUT2D eigenvalue weighted by Gasteiger charge is -2.64. The van der Waals surface area contributed by atoms with E-state index < -0.39 is 11.4 Å². The van der Waals surface area contributed by atoms with Gasteiger partial charge in [0.15, 0.2) is 0 Å². The summed E-state index contributed by atoms with van der Waals surface area (Å²) in [5, 5.41) is 20.9. The molecule has 3 nitrogen and oxygen atoms in total. The molecule has 4 saturated carbocycles. The van der Waals surface area contributed by atoms with Crippen molar-refractivity contribution < 1.29 is 15.0 Å². The Labute approximate surface area is 139 Å². The summed E-state index contributed by atoms with van der Waals surface area (Å²) in [7, 11) is 0. The maximum atomic E-state index is 12.1. The maximum Gasteiger partial charge on any atom is 0.309 e. The Morgan fingerprint density at radius 1 is 1.00 bits per heavy atom. The second kappa shape index (κ2) is 4.74. The zero-order valence-corrected chi connectivity index (χ0v) is 14.8. The first-order valence-corrected chi connectivity index (χ1v) is 9.65. The van der Waals surface area contributed by atoms with Crippen LogP contribution in [0.15, 0.2) is 0 Å². The molecule has 0 aromatic carbocycles. The van der Waals surface area contributed by atoms with Gasteiger partial charge in [0.05, 0.1) is 11.5 Å². The fourth-order valence-corrected chi connectivity index (χ4v) is 7.95. The van der Waals surface area contributed by atoms with Crippen LogP contribution in [-0.2, 0) is 4.79 Å². The van der Waals surface area contributed by atoms with Crippen molar-refractivity contribution in [3.63, 3.8) is 0 Å². The van der Waals surface area contributed by atoms with Crippen LogP contribution < -0.4 is 0 Å². The standard InChI is InChI=1S/C20H32O3/c1-12-10-20-9-6-14-18(2,17(22)23)8-7-16(21)19(14,3)15(20)5-4-13(12)11-20/h12-16,21H,4-11H2,1-3H3,(H,22,23)/t12-,13-,14+,15-,16-,18+,19+,20+/m0/s1. The molecular formula is C20H32O3. The van der Waals surface area contributed by atoms with E-state index in [2.05, 4.69) is 13.8 Å². The summed E-state index contributed by atoms with van der Waals surface area (Å²) >= 11 is 0. The topological polar surface area (TPSA) is 57.5 Å². The van der Waals surface area contributed by atoms with Gasteiger partial charge in [0.2, 0.25) is 0 Å². The largest absolute Gasteiger partial charge is 0.481 e. The van der Waals surface area contributed by atoms with E-state index in [4.69, 9.17) is 0 Å². The fraction of sp³-hybridized carbons (Fsp3) is 0.950. The molecule has 0 aliphatic heterocycles. The van der Waals surface area contributed by atoms with E-state index >= 15 is 0 Å². The van der Waals surface area contributed by atoms with Crippen molar-refractivity contribution in [2.45, 2.75) is 78.2 Å². The van der Waals surface area contributed by atoms with E-state index in [0.29, 0.717) is 24.2 Å². The molecule has 0 amide bonds. The lowest BCUT2D eigenvalue weighted by atomic mass is 9.40. The molecule has 1 spiro atoms. The highest BCUT2D eigenvalue weighted by atomic mass is 16.4. The first kappa shape index (κ1) is 15.9. The van der Waals surface area contributed by atoms with Crippen molar-refractivity contribution in [3.8, 4) is 0 Å². The van der Waals surface area contributed by atoms with Gasteiger partial charge < -0.3 is 10.2 Å². The molecule has 8 atom stereocenters. The van der Waals surface area contributed by atoms with E-state index in [1.807, 2.05) is 6.92 Å². The number of aliphatic hydroxyl groups is 1. The van der Waals surface area contributed by atoms with Crippen LogP contribution in [0.2, 0.25) is 0 Å². The predicted octanol–water partition coefficient (Wildman–Crippen LogP) is 4.09. The third kappa shape index (κ3) is 1.83. The molecule has 0 aromatic heterocycles. The molecule has 4 fully saturated rings. The number of aliphatic carboxylic acids is 1. The maximum absolute atomic E-state index is 12.1. The summed E-state index contributed by atoms with van der Waals surface area (Å²) in [5.74, 6) is 1.68. The van der Waals surface area contributed by atoms with E-state index in [1.54, 1.807) is 0 Å². The third-order valence-electron chi connectivity index (χ3n) is 9.11. The van der Waals surface area contributed by atoms with E-state index in [-0.39, 0.29) is 17.4 Å². The Kier molecular flexibility index (Phi) is 3.28. The second-order valence-corrected chi connectivity index (χ2v) is 9.87. The summed E-state index contributed by atoms with van der Waals surface area (Å²) in [5.41, 5.74) is -0.472. The Bertz CT molecular complexity index is 527. The average Bonchev–Trinajstić information content (AvgIpc) is 2.73. The highest BCUT2D eigenvalue weighted by Gasteiger charge is 2.67. The van der Waals surface area contributed by atoms with Crippen LogP contribution in [0.25, 0.3) is 0 Å². The monoisotopic (exact) mass is 320 g/mol. The van der Waals surface area contributed by atoms with Gasteiger partial charge in [0, 0.05) is 5.41 Å². The number of rotatable bonds is 1. The Balaban J connectivity index is 1.77. The van der Waals surface area contributed by atoms with Crippen molar-refractivity contribution in [2.24, 2.45) is 39.9 Å². The molecule has 0 saturated heterocycles. The molecule has 4 rings (SSSR count). The van der Waals surface area contributed by atoms with Gasteiger partial charge in [-0.05, 0) is 87.4 Å². The van der Waals surface area contributed by atoms with Gasteiger partial charge >= 0.3 is 5.97 Å². The number of carboxylic acid groups (broad SMARTS) is 1. The van der Waals surface area contributed by atoms with Gasteiger partial charge in [-0.15, -0.1) is 0 Å². The Hall–Kier alpha value is -0.570. The normalized spacial score (nSPS) is 58.3. The number of hydrogen-bond donors (Lipinski definition) is 2. The van der Waals surface area contributed by atoms with Crippen molar-refractivity contribution >= 4 is 5.97 Å². The van der Waals surface area contributed by atoms with Gasteiger partial charge in [0.1, 0.15) is 0 Å². The molecule has 4 aliphatic carbocycles. The first-order chi connectivity index (χ1) is 10.7. The van der Waals surface area contributed by atoms with Gasteiger partial charge in [-0.25, -0.2) is 0 Å². The number of carbonyl (C=O) groups is 1. The molecule has 4 aliphatic rings. The van der Waals surface area contributed by atoms with Gasteiger partial charge in [0.25, 0.3) is 0 Å². The fourth-order valence-electron chi connectivity index (χ4n) is 7.95. The van der Waals surface area contributed by atoms with Crippen LogP contribution in [0.3, 0.4) is 0 Å². The molecule has 0 heterocycles. The highest BCUT2D eigenvalue weighted by Crippen LogP contribution is 2.72. The summed E-state index contributed by atoms with van der Waals surface area (Å²) in [4.78, 5) is 12.1. The summed E-state index contributed by atoms with van der Waals surface area (Å²) in [6, 6.07) is 0. The van der Waals surface area contributed by atoms with Crippen molar-refractivity contribution in [2.75, 3.05) is 0 Å². The lowest BCUT2D eigenvalue weighted by molar-refractivity contribution is -0.211. The Morgan fingerprint density at radius 3 is 2.43 bits per heavy atom. The molecule has 23 heavy (non-hydrogen) atoms. The molecule has 2 bridgehead atoms. The quantitative estimate of drug-likeness (QED) is 0.765. The van der Waals surface area contributed by atoms with Gasteiger partial charge in [-0.1, -0.05) is 13.8 Å². The van der Waals surface area contributed by atoms with Crippen LogP contribution in [-0.4, -0.2) is 22.3 Å². The van der Waals surface area contributed by atoms with Crippen molar-refractivity contribution in [1.29, 1.82) is 0 Å². The minimum absolute atomic E-state index is 0.124. The minimum Gasteiger partial charge on any atom is -0.481 e. The van der Waals surface area contributed by atoms with Crippen LogP contribution in [0.4, 0.5) is 0 Å². The molecular weight excluding hydrogens is 288 g/mol. The summed E-state index contributed by atoms with van der Waals surface area (Å²) < 4.78 is 0. The van der Waals surface area contributed by atoms with Crippen molar-refractivity contribution in [1.82, 2.24) is 0 Å². The van der Waals surface area contributed by atoms with Crippen molar-refractivity contribution in [3.05, 3.63) is 0 Å². The minimum atomic E-state index is -0.656. The lowest BCUT2D eigenvalue weighted by Crippen LogP contribution is -2.63. The number of hydrogen-bond acceptors (Lipinski definition) is 2. The van der Waals surface area contributed by atoms with E-state index in [1.165, 1.54) is 32.1 Å². The Morgan fingerprint density at radius 2 is 1.74 bits per heavy atom. The first-order valence-electron chi connectivity index (χ1n) is 9.65. The molecule has 2 N–H and O–H groups in total. The SMILES string of the molecule is C[C@H]1C[C@@]23CC[C@H]4[C@](C)([C@@H]2CC[C@H]1C3)[C@@H](O)CC[C@@]4(C)C(=O)O. The van der Waals surface area contributed by atoms with Crippen LogP contribution in [0.5, 0.6) is 0 Å². The smallest absolute Gasteiger partial charge is 0.309 e. The third-order valence-corrected chi connectivity index (χ3v) is 9.11. The second-order valence-electron chi connectivity index (χ2n) is 9.87. The number of aliphatic hydroxyl groups excluding tert-OH is 1. The predicted molar refractivity (Wildman–Crippen MR) is 88.9 cm³/mol. The molecule has 0 aromatic rings. The zero-order valence-electron chi connectivity index (χ0n) is 14.8. The highest BCUT2D eigenvalue weighted by molar-refractivity contribution is 5.75. The summed E-state index contributed by atoms with van der Waals surface area (Å²) in [6.45, 7) is 6.61. The van der Waals surface area contributed by atoms with Crippen LogP contribution >= 0.6 is 0 Å².